The third kappa shape index (κ3) is 3.45. The van der Waals surface area contributed by atoms with Gasteiger partial charge in [-0.3, -0.25) is 9.48 Å². The van der Waals surface area contributed by atoms with Gasteiger partial charge >= 0.3 is 0 Å². The monoisotopic (exact) mass is 455 g/mol. The Labute approximate surface area is 181 Å². The molecule has 4 bridgehead atoms. The Bertz CT molecular complexity index is 921. The van der Waals surface area contributed by atoms with Crippen LogP contribution >= 0.6 is 15.9 Å². The molecule has 29 heavy (non-hydrogen) atoms. The lowest BCUT2D eigenvalue weighted by atomic mass is 9.49. The van der Waals surface area contributed by atoms with Crippen molar-refractivity contribution in [1.82, 2.24) is 15.1 Å². The van der Waals surface area contributed by atoms with E-state index in [0.717, 1.165) is 54.6 Å². The van der Waals surface area contributed by atoms with Crippen molar-refractivity contribution in [3.05, 3.63) is 52.8 Å². The first kappa shape index (κ1) is 19.3. The Morgan fingerprint density at radius 3 is 2.52 bits per heavy atom. The summed E-state index contributed by atoms with van der Waals surface area (Å²) in [7, 11) is 0. The number of aromatic nitrogens is 2. The number of carbonyl (C=O) groups excluding carboxylic acids is 1. The van der Waals surface area contributed by atoms with Crippen LogP contribution in [0.3, 0.4) is 0 Å². The summed E-state index contributed by atoms with van der Waals surface area (Å²) < 4.78 is 2.27. The van der Waals surface area contributed by atoms with Gasteiger partial charge in [0.2, 0.25) is 5.91 Å². The van der Waals surface area contributed by atoms with Crippen molar-refractivity contribution in [2.45, 2.75) is 69.8 Å². The Balaban J connectivity index is 1.30. The summed E-state index contributed by atoms with van der Waals surface area (Å²) in [4.78, 5) is 13.4. The van der Waals surface area contributed by atoms with Gasteiger partial charge < -0.3 is 5.32 Å². The van der Waals surface area contributed by atoms with E-state index < -0.39 is 0 Å². The lowest BCUT2D eigenvalue weighted by Crippen LogP contribution is -2.58. The number of nitrogens with one attached hydrogen (secondary N) is 1. The molecule has 1 aromatic carbocycles. The largest absolute Gasteiger partial charge is 0.351 e. The first-order valence-corrected chi connectivity index (χ1v) is 11.7. The Hall–Kier alpha value is -1.62. The molecule has 0 saturated heterocycles. The highest BCUT2D eigenvalue weighted by Crippen LogP contribution is 2.64. The van der Waals surface area contributed by atoms with E-state index in [1.807, 2.05) is 13.0 Å². The summed E-state index contributed by atoms with van der Waals surface area (Å²) in [6, 6.07) is 10.4. The molecular formula is C24H30BrN3O. The van der Waals surface area contributed by atoms with E-state index in [-0.39, 0.29) is 15.6 Å². The van der Waals surface area contributed by atoms with Gasteiger partial charge in [0, 0.05) is 22.1 Å². The molecule has 0 spiro atoms. The fraction of sp³-hybridized carbons (Fsp3) is 0.583. The number of carbonyl (C=O) groups is 1. The number of amides is 1. The number of benzene rings is 1. The Kier molecular flexibility index (Phi) is 4.65. The summed E-state index contributed by atoms with van der Waals surface area (Å²) in [6.45, 7) is 5.51. The lowest BCUT2D eigenvalue weighted by molar-refractivity contribution is -0.144. The van der Waals surface area contributed by atoms with Crippen molar-refractivity contribution in [3.63, 3.8) is 0 Å². The van der Waals surface area contributed by atoms with E-state index in [1.165, 1.54) is 24.8 Å². The molecular weight excluding hydrogens is 426 g/mol. The molecule has 4 nitrogen and oxygen atoms in total. The van der Waals surface area contributed by atoms with Crippen molar-refractivity contribution in [3.8, 4) is 0 Å². The molecule has 5 heteroatoms. The number of hydrogen-bond acceptors (Lipinski definition) is 2. The van der Waals surface area contributed by atoms with Crippen LogP contribution in [0.1, 0.15) is 61.0 Å². The van der Waals surface area contributed by atoms with Crippen LogP contribution in [-0.2, 0) is 17.9 Å². The van der Waals surface area contributed by atoms with Crippen LogP contribution in [0.15, 0.2) is 30.3 Å². The first-order valence-electron chi connectivity index (χ1n) is 10.9. The van der Waals surface area contributed by atoms with Crippen molar-refractivity contribution in [1.29, 1.82) is 0 Å². The molecule has 1 heterocycles. The van der Waals surface area contributed by atoms with Gasteiger partial charge in [-0.05, 0) is 69.8 Å². The number of alkyl halides is 1. The molecule has 2 unspecified atom stereocenters. The minimum atomic E-state index is -0.157. The van der Waals surface area contributed by atoms with Crippen LogP contribution in [0.4, 0.5) is 0 Å². The molecule has 0 aliphatic heterocycles. The van der Waals surface area contributed by atoms with E-state index in [2.05, 4.69) is 57.1 Å². The zero-order valence-electron chi connectivity index (χ0n) is 17.4. The van der Waals surface area contributed by atoms with Gasteiger partial charge in [-0.15, -0.1) is 0 Å². The number of nitrogens with zero attached hydrogens (tertiary/aromatic N) is 2. The minimum absolute atomic E-state index is 0.157. The van der Waals surface area contributed by atoms with Gasteiger partial charge in [0.15, 0.2) is 0 Å². The molecule has 2 aromatic rings. The van der Waals surface area contributed by atoms with Crippen LogP contribution in [0, 0.1) is 31.1 Å². The second kappa shape index (κ2) is 6.97. The van der Waals surface area contributed by atoms with Gasteiger partial charge in [0.1, 0.15) is 0 Å². The average Bonchev–Trinajstić information content (AvgIpc) is 2.91. The third-order valence-electron chi connectivity index (χ3n) is 7.60. The summed E-state index contributed by atoms with van der Waals surface area (Å²) in [5.74, 6) is 1.71. The lowest BCUT2D eigenvalue weighted by Gasteiger charge is -2.59. The zero-order chi connectivity index (χ0) is 20.2. The summed E-state index contributed by atoms with van der Waals surface area (Å²) >= 11 is 4.02. The van der Waals surface area contributed by atoms with Crippen molar-refractivity contribution >= 4 is 21.8 Å². The fourth-order valence-corrected chi connectivity index (χ4v) is 8.13. The van der Waals surface area contributed by atoms with Crippen molar-refractivity contribution < 1.29 is 4.79 Å². The van der Waals surface area contributed by atoms with Crippen LogP contribution in [0.5, 0.6) is 0 Å². The molecule has 1 aromatic heterocycles. The highest BCUT2D eigenvalue weighted by Gasteiger charge is 2.59. The quantitative estimate of drug-likeness (QED) is 0.651. The SMILES string of the molecule is Cc1nn(Cc2ccccc2)c(C)c1CNC(=O)C12CC3CC(CC(Br)(C3)C1)C2. The number of rotatable bonds is 5. The van der Waals surface area contributed by atoms with Gasteiger partial charge in [0.05, 0.1) is 17.7 Å². The number of halogens is 1. The summed E-state index contributed by atoms with van der Waals surface area (Å²) in [6.07, 6.45) is 6.99. The maximum atomic E-state index is 13.4. The molecule has 4 saturated carbocycles. The van der Waals surface area contributed by atoms with E-state index in [9.17, 15) is 4.79 Å². The van der Waals surface area contributed by atoms with Gasteiger partial charge in [-0.1, -0.05) is 46.3 Å². The van der Waals surface area contributed by atoms with Crippen LogP contribution in [-0.4, -0.2) is 20.0 Å². The third-order valence-corrected chi connectivity index (χ3v) is 8.53. The normalized spacial score (nSPS) is 32.5. The molecule has 2 atom stereocenters. The molecule has 4 aliphatic rings. The maximum absolute atomic E-state index is 13.4. The van der Waals surface area contributed by atoms with E-state index in [4.69, 9.17) is 5.10 Å². The second-order valence-corrected chi connectivity index (χ2v) is 11.5. The molecule has 6 rings (SSSR count). The summed E-state index contributed by atoms with van der Waals surface area (Å²) in [5, 5.41) is 8.06. The predicted octanol–water partition coefficient (Wildman–Crippen LogP) is 4.90. The molecule has 4 fully saturated rings. The van der Waals surface area contributed by atoms with Crippen LogP contribution in [0.25, 0.3) is 0 Å². The smallest absolute Gasteiger partial charge is 0.226 e. The second-order valence-electron chi connectivity index (χ2n) is 9.87. The minimum Gasteiger partial charge on any atom is -0.351 e. The van der Waals surface area contributed by atoms with Gasteiger partial charge in [0.25, 0.3) is 0 Å². The fourth-order valence-electron chi connectivity index (χ4n) is 6.67. The molecule has 0 radical (unpaired) electrons. The Morgan fingerprint density at radius 1 is 1.17 bits per heavy atom. The van der Waals surface area contributed by atoms with Crippen molar-refractivity contribution in [2.24, 2.45) is 17.3 Å². The van der Waals surface area contributed by atoms with Gasteiger partial charge in [-0.2, -0.15) is 5.10 Å². The predicted molar refractivity (Wildman–Crippen MR) is 118 cm³/mol. The van der Waals surface area contributed by atoms with E-state index in [1.54, 1.807) is 0 Å². The Morgan fingerprint density at radius 2 is 1.86 bits per heavy atom. The topological polar surface area (TPSA) is 46.9 Å². The van der Waals surface area contributed by atoms with Gasteiger partial charge in [-0.25, -0.2) is 0 Å². The maximum Gasteiger partial charge on any atom is 0.226 e. The number of hydrogen-bond donors (Lipinski definition) is 1. The number of aryl methyl sites for hydroxylation is 1. The summed E-state index contributed by atoms with van der Waals surface area (Å²) in [5.41, 5.74) is 4.41. The first-order chi connectivity index (χ1) is 13.9. The molecule has 1 amide bonds. The standard InChI is InChI=1S/C24H30BrN3O/c1-16-21(17(2)28(27-16)14-18-6-4-3-5-7-18)13-26-22(29)23-9-19-8-20(10-23)12-24(25,11-19)15-23/h3-7,19-20H,8-15H2,1-2H3,(H,26,29). The highest BCUT2D eigenvalue weighted by molar-refractivity contribution is 9.10. The van der Waals surface area contributed by atoms with E-state index >= 15 is 0 Å². The average molecular weight is 456 g/mol. The molecule has 154 valence electrons. The zero-order valence-corrected chi connectivity index (χ0v) is 19.0. The molecule has 4 aliphatic carbocycles. The van der Waals surface area contributed by atoms with E-state index in [0.29, 0.717) is 6.54 Å². The van der Waals surface area contributed by atoms with Crippen molar-refractivity contribution in [2.75, 3.05) is 0 Å². The van der Waals surface area contributed by atoms with Crippen LogP contribution < -0.4 is 5.32 Å². The highest BCUT2D eigenvalue weighted by atomic mass is 79.9. The molecule has 1 N–H and O–H groups in total. The van der Waals surface area contributed by atoms with Crippen LogP contribution in [0.2, 0.25) is 0 Å².